The molecule has 0 saturated heterocycles. The van der Waals surface area contributed by atoms with Crippen LogP contribution in [0.15, 0.2) is 24.5 Å². The molecular formula is C12H20N2O. The first-order chi connectivity index (χ1) is 7.20. The zero-order valence-electron chi connectivity index (χ0n) is 9.53. The van der Waals surface area contributed by atoms with Gasteiger partial charge in [-0.15, -0.1) is 0 Å². The minimum atomic E-state index is -0.151. The summed E-state index contributed by atoms with van der Waals surface area (Å²) in [5.41, 5.74) is 1.07. The summed E-state index contributed by atoms with van der Waals surface area (Å²) in [6.07, 6.45) is 5.53. The van der Waals surface area contributed by atoms with Crippen molar-refractivity contribution in [2.75, 3.05) is 13.2 Å². The van der Waals surface area contributed by atoms with Gasteiger partial charge in [0.15, 0.2) is 0 Å². The molecule has 1 aromatic rings. The van der Waals surface area contributed by atoms with Gasteiger partial charge in [0.25, 0.3) is 0 Å². The van der Waals surface area contributed by atoms with Crippen LogP contribution in [-0.2, 0) is 6.42 Å². The van der Waals surface area contributed by atoms with Gasteiger partial charge in [-0.2, -0.15) is 0 Å². The van der Waals surface area contributed by atoms with E-state index in [4.69, 9.17) is 0 Å². The van der Waals surface area contributed by atoms with E-state index in [1.165, 1.54) is 5.56 Å². The van der Waals surface area contributed by atoms with E-state index < -0.39 is 0 Å². The summed E-state index contributed by atoms with van der Waals surface area (Å²) in [6.45, 7) is 5.16. The Bertz CT molecular complexity index is 270. The van der Waals surface area contributed by atoms with Crippen LogP contribution in [0, 0.1) is 0 Å². The van der Waals surface area contributed by atoms with Crippen molar-refractivity contribution in [2.45, 2.75) is 32.2 Å². The van der Waals surface area contributed by atoms with Gasteiger partial charge in [-0.05, 0) is 37.9 Å². The molecular weight excluding hydrogens is 188 g/mol. The van der Waals surface area contributed by atoms with Crippen LogP contribution in [0.1, 0.15) is 25.8 Å². The van der Waals surface area contributed by atoms with Crippen LogP contribution in [0.3, 0.4) is 0 Å². The van der Waals surface area contributed by atoms with Crippen LogP contribution in [0.5, 0.6) is 0 Å². The highest BCUT2D eigenvalue weighted by atomic mass is 16.3. The monoisotopic (exact) mass is 208 g/mol. The van der Waals surface area contributed by atoms with Crippen LogP contribution >= 0.6 is 0 Å². The largest absolute Gasteiger partial charge is 0.394 e. The molecule has 1 aromatic heterocycles. The Hall–Kier alpha value is -0.930. The summed E-state index contributed by atoms with van der Waals surface area (Å²) in [5, 5.41) is 12.6. The van der Waals surface area contributed by atoms with Gasteiger partial charge < -0.3 is 10.4 Å². The summed E-state index contributed by atoms with van der Waals surface area (Å²) >= 11 is 0. The summed E-state index contributed by atoms with van der Waals surface area (Å²) < 4.78 is 0. The van der Waals surface area contributed by atoms with E-state index in [1.54, 1.807) is 6.20 Å². The Kier molecular flexibility index (Phi) is 4.72. The molecule has 0 saturated carbocycles. The predicted octanol–water partition coefficient (Wildman–Crippen LogP) is 1.37. The minimum absolute atomic E-state index is 0.151. The molecule has 2 N–H and O–H groups in total. The second kappa shape index (κ2) is 5.83. The molecule has 0 aliphatic heterocycles. The van der Waals surface area contributed by atoms with Crippen LogP contribution in [0.25, 0.3) is 0 Å². The van der Waals surface area contributed by atoms with Crippen LogP contribution in [-0.4, -0.2) is 28.8 Å². The van der Waals surface area contributed by atoms with Crippen molar-refractivity contribution in [2.24, 2.45) is 0 Å². The number of nitrogens with one attached hydrogen (secondary N) is 1. The number of aromatic nitrogens is 1. The lowest BCUT2D eigenvalue weighted by molar-refractivity contribution is 0.171. The number of hydrogen-bond donors (Lipinski definition) is 2. The third-order valence-corrected chi connectivity index (χ3v) is 2.82. The molecule has 0 aliphatic rings. The van der Waals surface area contributed by atoms with Gasteiger partial charge in [-0.3, -0.25) is 4.98 Å². The lowest BCUT2D eigenvalue weighted by Gasteiger charge is -2.27. The van der Waals surface area contributed by atoms with Gasteiger partial charge in [-0.25, -0.2) is 0 Å². The average Bonchev–Trinajstić information content (AvgIpc) is 2.30. The number of aliphatic hydroxyl groups is 1. The minimum Gasteiger partial charge on any atom is -0.394 e. The van der Waals surface area contributed by atoms with E-state index in [9.17, 15) is 5.11 Å². The van der Waals surface area contributed by atoms with Crippen molar-refractivity contribution in [3.8, 4) is 0 Å². The maximum Gasteiger partial charge on any atom is 0.0610 e. The quantitative estimate of drug-likeness (QED) is 0.742. The van der Waals surface area contributed by atoms with Gasteiger partial charge in [0.1, 0.15) is 0 Å². The number of hydrogen-bond acceptors (Lipinski definition) is 3. The molecule has 0 spiro atoms. The highest BCUT2D eigenvalue weighted by Crippen LogP contribution is 2.07. The maximum atomic E-state index is 9.21. The van der Waals surface area contributed by atoms with E-state index in [0.717, 1.165) is 19.4 Å². The van der Waals surface area contributed by atoms with Gasteiger partial charge in [-0.1, -0.05) is 13.0 Å². The number of nitrogens with zero attached hydrogens (tertiary/aromatic N) is 1. The van der Waals surface area contributed by atoms with Crippen molar-refractivity contribution in [3.63, 3.8) is 0 Å². The zero-order chi connectivity index (χ0) is 11.1. The second-order valence-corrected chi connectivity index (χ2v) is 4.11. The molecule has 3 nitrogen and oxygen atoms in total. The Morgan fingerprint density at radius 3 is 2.87 bits per heavy atom. The van der Waals surface area contributed by atoms with Crippen molar-refractivity contribution in [1.29, 1.82) is 0 Å². The summed E-state index contributed by atoms with van der Waals surface area (Å²) in [6, 6.07) is 4.01. The normalized spacial score (nSPS) is 14.9. The first kappa shape index (κ1) is 12.1. The molecule has 0 fully saturated rings. The predicted molar refractivity (Wildman–Crippen MR) is 61.7 cm³/mol. The van der Waals surface area contributed by atoms with E-state index in [2.05, 4.69) is 23.3 Å². The molecule has 1 heterocycles. The van der Waals surface area contributed by atoms with Crippen molar-refractivity contribution in [3.05, 3.63) is 30.1 Å². The maximum absolute atomic E-state index is 9.21. The Morgan fingerprint density at radius 2 is 2.33 bits per heavy atom. The van der Waals surface area contributed by atoms with Crippen LogP contribution < -0.4 is 5.32 Å². The Balaban J connectivity index is 2.33. The lowest BCUT2D eigenvalue weighted by Crippen LogP contribution is -2.45. The van der Waals surface area contributed by atoms with E-state index in [0.29, 0.717) is 0 Å². The van der Waals surface area contributed by atoms with Crippen LogP contribution in [0.4, 0.5) is 0 Å². The molecule has 0 amide bonds. The molecule has 1 rings (SSSR count). The first-order valence-electron chi connectivity index (χ1n) is 5.45. The van der Waals surface area contributed by atoms with E-state index in [-0.39, 0.29) is 12.1 Å². The molecule has 3 heteroatoms. The molecule has 84 valence electrons. The van der Waals surface area contributed by atoms with E-state index >= 15 is 0 Å². The van der Waals surface area contributed by atoms with Crippen molar-refractivity contribution in [1.82, 2.24) is 10.3 Å². The fraction of sp³-hybridized carbons (Fsp3) is 0.583. The number of pyridine rings is 1. The first-order valence-corrected chi connectivity index (χ1v) is 5.45. The van der Waals surface area contributed by atoms with Gasteiger partial charge in [0.05, 0.1) is 6.61 Å². The smallest absolute Gasteiger partial charge is 0.0610 e. The molecule has 0 aliphatic carbocycles. The van der Waals surface area contributed by atoms with E-state index in [1.807, 2.05) is 19.2 Å². The third kappa shape index (κ3) is 3.98. The highest BCUT2D eigenvalue weighted by Gasteiger charge is 2.18. The van der Waals surface area contributed by atoms with Crippen molar-refractivity contribution >= 4 is 0 Å². The summed E-state index contributed by atoms with van der Waals surface area (Å²) in [4.78, 5) is 4.06. The Labute approximate surface area is 91.5 Å². The standard InChI is InChI=1S/C12H20N2O/c1-3-12(2,10-15)14-8-6-11-5-4-7-13-9-11/h4-5,7,9,14-15H,3,6,8,10H2,1-2H3. The zero-order valence-corrected chi connectivity index (χ0v) is 9.53. The van der Waals surface area contributed by atoms with Gasteiger partial charge in [0.2, 0.25) is 0 Å². The number of rotatable bonds is 6. The SMILES string of the molecule is CCC(C)(CO)NCCc1cccnc1. The molecule has 0 radical (unpaired) electrons. The third-order valence-electron chi connectivity index (χ3n) is 2.82. The van der Waals surface area contributed by atoms with Gasteiger partial charge in [0, 0.05) is 17.9 Å². The summed E-state index contributed by atoms with van der Waals surface area (Å²) in [5.74, 6) is 0. The Morgan fingerprint density at radius 1 is 1.53 bits per heavy atom. The van der Waals surface area contributed by atoms with Gasteiger partial charge >= 0.3 is 0 Å². The topological polar surface area (TPSA) is 45.1 Å². The molecule has 1 unspecified atom stereocenters. The van der Waals surface area contributed by atoms with Crippen LogP contribution in [0.2, 0.25) is 0 Å². The molecule has 1 atom stereocenters. The lowest BCUT2D eigenvalue weighted by atomic mass is 10.00. The number of aliphatic hydroxyl groups excluding tert-OH is 1. The molecule has 0 bridgehead atoms. The molecule has 0 aromatic carbocycles. The highest BCUT2D eigenvalue weighted by molar-refractivity contribution is 5.08. The fourth-order valence-electron chi connectivity index (χ4n) is 1.35. The summed E-state index contributed by atoms with van der Waals surface area (Å²) in [7, 11) is 0. The average molecular weight is 208 g/mol. The molecule has 15 heavy (non-hydrogen) atoms. The van der Waals surface area contributed by atoms with Crippen molar-refractivity contribution < 1.29 is 5.11 Å². The fourth-order valence-corrected chi connectivity index (χ4v) is 1.35. The second-order valence-electron chi connectivity index (χ2n) is 4.11.